The molecule has 0 aliphatic carbocycles. The van der Waals surface area contributed by atoms with E-state index in [1.54, 1.807) is 6.07 Å². The van der Waals surface area contributed by atoms with Gasteiger partial charge in [0.25, 0.3) is 0 Å². The Bertz CT molecular complexity index is 578. The van der Waals surface area contributed by atoms with Gasteiger partial charge >= 0.3 is 0 Å². The minimum Gasteiger partial charge on any atom is -0.438 e. The molecule has 1 aromatic carbocycles. The fourth-order valence-electron chi connectivity index (χ4n) is 1.32. The van der Waals surface area contributed by atoms with Gasteiger partial charge in [-0.25, -0.2) is 4.98 Å². The second-order valence-corrected chi connectivity index (χ2v) is 5.63. The number of ether oxygens (including phenoxy) is 1. The first-order chi connectivity index (χ1) is 8.58. The molecule has 0 saturated carbocycles. The van der Waals surface area contributed by atoms with Crippen molar-refractivity contribution < 1.29 is 4.74 Å². The van der Waals surface area contributed by atoms with Crippen molar-refractivity contribution in [1.29, 1.82) is 0 Å². The van der Waals surface area contributed by atoms with Crippen molar-refractivity contribution in [1.82, 2.24) is 9.97 Å². The van der Waals surface area contributed by atoms with E-state index >= 15 is 0 Å². The van der Waals surface area contributed by atoms with Crippen LogP contribution < -0.4 is 4.74 Å². The van der Waals surface area contributed by atoms with E-state index in [0.717, 1.165) is 8.95 Å². The lowest BCUT2D eigenvalue weighted by Crippen LogP contribution is -1.96. The van der Waals surface area contributed by atoms with E-state index in [0.29, 0.717) is 29.0 Å². The summed E-state index contributed by atoms with van der Waals surface area (Å²) in [5.74, 6) is 1.77. The third-order valence-corrected chi connectivity index (χ3v) is 3.45. The van der Waals surface area contributed by atoms with Gasteiger partial charge in [-0.1, -0.05) is 34.5 Å². The van der Waals surface area contributed by atoms with Crippen molar-refractivity contribution in [2.24, 2.45) is 0 Å². The van der Waals surface area contributed by atoms with Gasteiger partial charge in [-0.2, -0.15) is 4.98 Å². The third-order valence-electron chi connectivity index (χ3n) is 2.14. The molecule has 0 aliphatic heterocycles. The van der Waals surface area contributed by atoms with Crippen molar-refractivity contribution in [3.8, 4) is 11.6 Å². The molecule has 6 heteroatoms. The fraction of sp³-hybridized carbons (Fsp3) is 0.167. The van der Waals surface area contributed by atoms with E-state index in [2.05, 4.69) is 41.8 Å². The zero-order chi connectivity index (χ0) is 13.1. The first kappa shape index (κ1) is 13.8. The Labute approximate surface area is 127 Å². The average Bonchev–Trinajstić information content (AvgIpc) is 2.32. The highest BCUT2D eigenvalue weighted by Crippen LogP contribution is 2.31. The highest BCUT2D eigenvalue weighted by molar-refractivity contribution is 9.11. The summed E-state index contributed by atoms with van der Waals surface area (Å²) in [4.78, 5) is 8.35. The molecule has 0 aliphatic rings. The Morgan fingerprint density at radius 1 is 1.22 bits per heavy atom. The lowest BCUT2D eigenvalue weighted by Gasteiger charge is -2.08. The molecule has 0 amide bonds. The second-order valence-electron chi connectivity index (χ2n) is 3.48. The average molecular weight is 392 g/mol. The number of benzene rings is 1. The Hall–Kier alpha value is -0.650. The lowest BCUT2D eigenvalue weighted by atomic mass is 10.3. The topological polar surface area (TPSA) is 35.0 Å². The van der Waals surface area contributed by atoms with Crippen LogP contribution in [-0.4, -0.2) is 9.97 Å². The maximum Gasteiger partial charge on any atom is 0.224 e. The van der Waals surface area contributed by atoms with Crippen LogP contribution >= 0.6 is 43.5 Å². The van der Waals surface area contributed by atoms with Crippen molar-refractivity contribution in [3.63, 3.8) is 0 Å². The van der Waals surface area contributed by atoms with Crippen LogP contribution in [0.3, 0.4) is 0 Å². The summed E-state index contributed by atoms with van der Waals surface area (Å²) in [5, 5.41) is 0.380. The molecule has 2 rings (SSSR count). The van der Waals surface area contributed by atoms with Gasteiger partial charge in [-0.05, 0) is 34.1 Å². The molecule has 0 radical (unpaired) electrons. The van der Waals surface area contributed by atoms with E-state index < -0.39 is 0 Å². The van der Waals surface area contributed by atoms with Gasteiger partial charge in [-0.3, -0.25) is 0 Å². The summed E-state index contributed by atoms with van der Waals surface area (Å²) >= 11 is 12.7. The van der Waals surface area contributed by atoms with Crippen molar-refractivity contribution in [3.05, 3.63) is 44.2 Å². The predicted molar refractivity (Wildman–Crippen MR) is 78.3 cm³/mol. The highest BCUT2D eigenvalue weighted by Gasteiger charge is 2.07. The van der Waals surface area contributed by atoms with Gasteiger partial charge < -0.3 is 4.74 Å². The number of rotatable bonds is 3. The first-order valence-corrected chi connectivity index (χ1v) is 7.21. The monoisotopic (exact) mass is 390 g/mol. The molecule has 1 aromatic heterocycles. The zero-order valence-electron chi connectivity index (χ0n) is 9.45. The van der Waals surface area contributed by atoms with Gasteiger partial charge in [0, 0.05) is 17.0 Å². The number of nitrogens with zero attached hydrogens (tertiary/aromatic N) is 2. The second kappa shape index (κ2) is 5.99. The summed E-state index contributed by atoms with van der Waals surface area (Å²) in [6.45, 7) is 1.96. The van der Waals surface area contributed by atoms with Crippen LogP contribution in [0.1, 0.15) is 12.7 Å². The van der Waals surface area contributed by atoms with E-state index in [-0.39, 0.29) is 0 Å². The van der Waals surface area contributed by atoms with Crippen LogP contribution in [0.25, 0.3) is 0 Å². The summed E-state index contributed by atoms with van der Waals surface area (Å²) in [7, 11) is 0. The van der Waals surface area contributed by atoms with Gasteiger partial charge in [0.1, 0.15) is 16.7 Å². The SMILES string of the molecule is CCc1nc(Cl)cc(Oc2ccc(Br)cc2Br)n1. The normalized spacial score (nSPS) is 10.4. The van der Waals surface area contributed by atoms with Gasteiger partial charge in [-0.15, -0.1) is 0 Å². The third kappa shape index (κ3) is 3.43. The van der Waals surface area contributed by atoms with Crippen LogP contribution in [-0.2, 0) is 6.42 Å². The van der Waals surface area contributed by atoms with Gasteiger partial charge in [0.05, 0.1) is 4.47 Å². The highest BCUT2D eigenvalue weighted by atomic mass is 79.9. The zero-order valence-corrected chi connectivity index (χ0v) is 13.4. The molecular formula is C12H9Br2ClN2O. The van der Waals surface area contributed by atoms with Crippen LogP contribution in [0.15, 0.2) is 33.2 Å². The molecule has 2 aromatic rings. The number of hydrogen-bond donors (Lipinski definition) is 0. The smallest absolute Gasteiger partial charge is 0.224 e. The molecule has 0 N–H and O–H groups in total. The van der Waals surface area contributed by atoms with Crippen LogP contribution in [0, 0.1) is 0 Å². The van der Waals surface area contributed by atoms with Crippen LogP contribution in [0.4, 0.5) is 0 Å². The Kier molecular flexibility index (Phi) is 4.59. The fourth-order valence-corrected chi connectivity index (χ4v) is 2.64. The van der Waals surface area contributed by atoms with Crippen molar-refractivity contribution >= 4 is 43.5 Å². The molecule has 0 saturated heterocycles. The van der Waals surface area contributed by atoms with E-state index in [4.69, 9.17) is 16.3 Å². The maximum atomic E-state index is 5.91. The molecule has 3 nitrogen and oxygen atoms in total. The Balaban J connectivity index is 2.30. The summed E-state index contributed by atoms with van der Waals surface area (Å²) in [6, 6.07) is 7.23. The molecule has 1 heterocycles. The van der Waals surface area contributed by atoms with E-state index in [1.165, 1.54) is 0 Å². The number of halogens is 3. The molecular weight excluding hydrogens is 383 g/mol. The standard InChI is InChI=1S/C12H9Br2ClN2O/c1-2-11-16-10(15)6-12(17-11)18-9-4-3-7(13)5-8(9)14/h3-6H,2H2,1H3. The summed E-state index contributed by atoms with van der Waals surface area (Å²) in [6.07, 6.45) is 0.707. The van der Waals surface area contributed by atoms with Gasteiger partial charge in [0.15, 0.2) is 0 Å². The molecule has 0 spiro atoms. The largest absolute Gasteiger partial charge is 0.438 e. The lowest BCUT2D eigenvalue weighted by molar-refractivity contribution is 0.456. The Morgan fingerprint density at radius 2 is 2.00 bits per heavy atom. The van der Waals surface area contributed by atoms with Crippen molar-refractivity contribution in [2.45, 2.75) is 13.3 Å². The molecule has 94 valence electrons. The molecule has 0 unspecified atom stereocenters. The first-order valence-electron chi connectivity index (χ1n) is 5.25. The Morgan fingerprint density at radius 3 is 2.67 bits per heavy atom. The minimum absolute atomic E-state index is 0.380. The summed E-state index contributed by atoms with van der Waals surface area (Å²) < 4.78 is 7.49. The number of aromatic nitrogens is 2. The van der Waals surface area contributed by atoms with Gasteiger partial charge in [0.2, 0.25) is 5.88 Å². The van der Waals surface area contributed by atoms with E-state index in [9.17, 15) is 0 Å². The summed E-state index contributed by atoms with van der Waals surface area (Å²) in [5.41, 5.74) is 0. The van der Waals surface area contributed by atoms with E-state index in [1.807, 2.05) is 25.1 Å². The van der Waals surface area contributed by atoms with Crippen LogP contribution in [0.5, 0.6) is 11.6 Å². The number of hydrogen-bond acceptors (Lipinski definition) is 3. The predicted octanol–water partition coefficient (Wildman–Crippen LogP) is 5.01. The molecule has 0 fully saturated rings. The molecule has 0 bridgehead atoms. The maximum absolute atomic E-state index is 5.91. The quantitative estimate of drug-likeness (QED) is 0.689. The van der Waals surface area contributed by atoms with Crippen LogP contribution in [0.2, 0.25) is 5.15 Å². The van der Waals surface area contributed by atoms with Crippen molar-refractivity contribution in [2.75, 3.05) is 0 Å². The number of aryl methyl sites for hydroxylation is 1. The molecule has 0 atom stereocenters. The molecule has 18 heavy (non-hydrogen) atoms. The minimum atomic E-state index is 0.380.